The van der Waals surface area contributed by atoms with Crippen molar-refractivity contribution in [2.75, 3.05) is 38.0 Å². The minimum absolute atomic E-state index is 0.0695. The molecule has 4 rings (SSSR count). The van der Waals surface area contributed by atoms with Gasteiger partial charge in [0, 0.05) is 50.5 Å². The predicted octanol–water partition coefficient (Wildman–Crippen LogP) is 4.38. The van der Waals surface area contributed by atoms with Gasteiger partial charge in [-0.15, -0.1) is 0 Å². The Hall–Kier alpha value is -3.88. The summed E-state index contributed by atoms with van der Waals surface area (Å²) >= 11 is 0. The predicted molar refractivity (Wildman–Crippen MR) is 194 cm³/mol. The van der Waals surface area contributed by atoms with Gasteiger partial charge in [0.15, 0.2) is 0 Å². The number of aromatic nitrogens is 2. The summed E-state index contributed by atoms with van der Waals surface area (Å²) in [6, 6.07) is 1.94. The maximum absolute atomic E-state index is 13.1. The average Bonchev–Trinajstić information content (AvgIpc) is 3.02. The van der Waals surface area contributed by atoms with E-state index in [1.807, 2.05) is 20.8 Å². The van der Waals surface area contributed by atoms with Gasteiger partial charge in [-0.25, -0.2) is 19.2 Å². The fraction of sp³-hybridized carbons (Fsp3) is 0.778. The van der Waals surface area contributed by atoms with Crippen LogP contribution < -0.4 is 27.0 Å². The molecular weight excluding hydrogens is 656 g/mol. The topological polar surface area (TPSA) is 176 Å². The normalized spacial score (nSPS) is 23.2. The third-order valence-corrected chi connectivity index (χ3v) is 9.62. The lowest BCUT2D eigenvalue weighted by atomic mass is 9.85. The number of amides is 5. The maximum atomic E-state index is 13.1. The van der Waals surface area contributed by atoms with Crippen LogP contribution in [0.25, 0.3) is 0 Å². The van der Waals surface area contributed by atoms with Crippen LogP contribution in [0.15, 0.2) is 17.1 Å². The number of anilines is 1. The number of urea groups is 1. The van der Waals surface area contributed by atoms with Gasteiger partial charge in [-0.3, -0.25) is 14.7 Å². The summed E-state index contributed by atoms with van der Waals surface area (Å²) in [5.41, 5.74) is -2.75. The van der Waals surface area contributed by atoms with Crippen molar-refractivity contribution < 1.29 is 28.7 Å². The molecule has 2 heterocycles. The van der Waals surface area contributed by atoms with Gasteiger partial charge in [0.1, 0.15) is 22.6 Å². The molecule has 0 aromatic carbocycles. The molecule has 2 aliphatic carbocycles. The maximum Gasteiger partial charge on any atom is 0.408 e. The Morgan fingerprint density at radius 3 is 1.88 bits per heavy atom. The van der Waals surface area contributed by atoms with Gasteiger partial charge in [-0.2, -0.15) is 4.98 Å². The molecule has 15 nitrogen and oxygen atoms in total. The highest BCUT2D eigenvalue weighted by molar-refractivity contribution is 5.90. The van der Waals surface area contributed by atoms with Crippen LogP contribution in [-0.4, -0.2) is 105 Å². The minimum atomic E-state index is -1.18. The molecule has 1 aromatic heterocycles. The Balaban J connectivity index is 1.15. The average molecular weight is 717 g/mol. The summed E-state index contributed by atoms with van der Waals surface area (Å²) in [5.74, 6) is 0.470. The van der Waals surface area contributed by atoms with Crippen LogP contribution in [0.5, 0.6) is 0 Å². The molecule has 5 amide bonds. The zero-order valence-electron chi connectivity index (χ0n) is 31.8. The molecule has 0 radical (unpaired) electrons. The zero-order valence-corrected chi connectivity index (χ0v) is 31.8. The first-order chi connectivity index (χ1) is 23.8. The molecule has 1 aromatic rings. The van der Waals surface area contributed by atoms with E-state index in [1.54, 1.807) is 61.2 Å². The van der Waals surface area contributed by atoms with Crippen LogP contribution in [0, 0.1) is 5.92 Å². The van der Waals surface area contributed by atoms with E-state index in [2.05, 4.69) is 26.3 Å². The molecule has 1 aliphatic heterocycles. The number of hydrogen-bond donors (Lipinski definition) is 4. The van der Waals surface area contributed by atoms with E-state index in [9.17, 15) is 24.0 Å². The molecule has 0 spiro atoms. The third-order valence-electron chi connectivity index (χ3n) is 9.62. The molecule has 0 atom stereocenters. The van der Waals surface area contributed by atoms with Crippen LogP contribution in [0.2, 0.25) is 0 Å². The molecule has 3 fully saturated rings. The van der Waals surface area contributed by atoms with E-state index >= 15 is 0 Å². The van der Waals surface area contributed by atoms with Gasteiger partial charge in [0.2, 0.25) is 5.91 Å². The van der Waals surface area contributed by atoms with Crippen molar-refractivity contribution in [3.8, 4) is 0 Å². The highest BCUT2D eigenvalue weighted by Crippen LogP contribution is 2.31. The smallest absolute Gasteiger partial charge is 0.408 e. The number of nitrogens with zero attached hydrogens (tertiary/aromatic N) is 4. The number of hydrogen-bond acceptors (Lipinski definition) is 9. The Morgan fingerprint density at radius 1 is 0.765 bits per heavy atom. The Bertz CT molecular complexity index is 1430. The second kappa shape index (κ2) is 16.6. The summed E-state index contributed by atoms with van der Waals surface area (Å²) in [6.07, 6.45) is 8.41. The molecular formula is C36H60N8O7. The lowest BCUT2D eigenvalue weighted by Gasteiger charge is -2.38. The van der Waals surface area contributed by atoms with Crippen molar-refractivity contribution in [1.82, 2.24) is 35.3 Å². The van der Waals surface area contributed by atoms with E-state index in [0.717, 1.165) is 57.9 Å². The van der Waals surface area contributed by atoms with Gasteiger partial charge in [-0.05, 0) is 125 Å². The monoisotopic (exact) mass is 716 g/mol. The van der Waals surface area contributed by atoms with Gasteiger partial charge in [-0.1, -0.05) is 0 Å². The highest BCUT2D eigenvalue weighted by Gasteiger charge is 2.37. The minimum Gasteiger partial charge on any atom is -0.444 e. The number of alkyl carbamates (subject to hydrolysis) is 2. The van der Waals surface area contributed by atoms with Crippen LogP contribution in [0.4, 0.5) is 20.2 Å². The van der Waals surface area contributed by atoms with Gasteiger partial charge in [0.25, 0.3) is 0 Å². The van der Waals surface area contributed by atoms with Crippen molar-refractivity contribution in [1.29, 1.82) is 0 Å². The van der Waals surface area contributed by atoms with Gasteiger partial charge in [0.05, 0.1) is 0 Å². The molecule has 0 unspecified atom stereocenters. The summed E-state index contributed by atoms with van der Waals surface area (Å²) in [7, 11) is 0. The summed E-state index contributed by atoms with van der Waals surface area (Å²) in [6.45, 7) is 16.2. The van der Waals surface area contributed by atoms with E-state index in [1.165, 1.54) is 0 Å². The Morgan fingerprint density at radius 2 is 1.31 bits per heavy atom. The molecule has 0 bridgehead atoms. The third kappa shape index (κ3) is 12.4. The van der Waals surface area contributed by atoms with Crippen molar-refractivity contribution in [2.45, 2.75) is 142 Å². The number of piperazine rings is 1. The van der Waals surface area contributed by atoms with Crippen molar-refractivity contribution in [3.05, 3.63) is 22.7 Å². The highest BCUT2D eigenvalue weighted by atomic mass is 16.6. The molecule has 15 heteroatoms. The SMILES string of the molecule is CC(C)(C)OC(=O)NC(C)(C)C(=O)N1CCN(C(=O)Nc2ccn([C@H]3CC[C@H](CN[C@H]4CC[C@H](NC(=O)OC(C)(C)C)CC4)CC3)c(=O)n2)CC1. The summed E-state index contributed by atoms with van der Waals surface area (Å²) in [5, 5.41) is 12.1. The first-order valence-corrected chi connectivity index (χ1v) is 18.5. The molecule has 4 N–H and O–H groups in total. The fourth-order valence-corrected chi connectivity index (χ4v) is 6.95. The Labute approximate surface area is 301 Å². The van der Waals surface area contributed by atoms with Crippen LogP contribution in [0.3, 0.4) is 0 Å². The largest absolute Gasteiger partial charge is 0.444 e. The molecule has 3 aliphatic rings. The first-order valence-electron chi connectivity index (χ1n) is 18.5. The number of carbonyl (C=O) groups excluding carboxylic acids is 4. The lowest BCUT2D eigenvalue weighted by molar-refractivity contribution is -0.138. The Kier molecular flexibility index (Phi) is 13.0. The summed E-state index contributed by atoms with van der Waals surface area (Å²) < 4.78 is 12.4. The van der Waals surface area contributed by atoms with Crippen LogP contribution in [-0.2, 0) is 14.3 Å². The van der Waals surface area contributed by atoms with Crippen LogP contribution >= 0.6 is 0 Å². The van der Waals surface area contributed by atoms with E-state index in [4.69, 9.17) is 9.47 Å². The van der Waals surface area contributed by atoms with Gasteiger partial charge < -0.3 is 35.2 Å². The van der Waals surface area contributed by atoms with Crippen molar-refractivity contribution in [2.24, 2.45) is 5.92 Å². The fourth-order valence-electron chi connectivity index (χ4n) is 6.95. The zero-order chi connectivity index (χ0) is 37.6. The number of nitrogens with one attached hydrogen (secondary N) is 4. The van der Waals surface area contributed by atoms with Gasteiger partial charge >= 0.3 is 23.9 Å². The van der Waals surface area contributed by atoms with E-state index in [0.29, 0.717) is 38.1 Å². The van der Waals surface area contributed by atoms with Crippen molar-refractivity contribution >= 4 is 29.9 Å². The molecule has 1 saturated heterocycles. The second-order valence-electron chi connectivity index (χ2n) is 16.7. The lowest BCUT2D eigenvalue weighted by Crippen LogP contribution is -2.60. The number of carbonyl (C=O) groups is 4. The van der Waals surface area contributed by atoms with Crippen LogP contribution in [0.1, 0.15) is 113 Å². The molecule has 286 valence electrons. The molecule has 2 saturated carbocycles. The number of ether oxygens (including phenoxy) is 2. The van der Waals surface area contributed by atoms with Crippen molar-refractivity contribution in [3.63, 3.8) is 0 Å². The second-order valence-corrected chi connectivity index (χ2v) is 16.7. The quantitative estimate of drug-likeness (QED) is 0.304. The molecule has 51 heavy (non-hydrogen) atoms. The number of rotatable bonds is 8. The van der Waals surface area contributed by atoms with E-state index in [-0.39, 0.29) is 35.6 Å². The van der Waals surface area contributed by atoms with E-state index < -0.39 is 28.9 Å². The first kappa shape index (κ1) is 39.9. The summed E-state index contributed by atoms with van der Waals surface area (Å²) in [4.78, 5) is 70.8. The standard InChI is InChI=1S/C36H60N8O7/c1-34(2,3)50-32(48)38-26-13-11-25(12-14-26)37-23-24-9-15-27(16-10-24)44-18-17-28(40-31(44)47)39-30(46)43-21-19-42(20-22-43)29(45)36(7,8)41-33(49)51-35(4,5)6/h17-18,24-27,37H,9-16,19-23H2,1-8H3,(H,38,48)(H,41,49)(H,39,40,46,47)/t24-,25-,26-,27-.